The third-order valence-electron chi connectivity index (χ3n) is 3.31. The van der Waals surface area contributed by atoms with Gasteiger partial charge in [-0.25, -0.2) is 0 Å². The summed E-state index contributed by atoms with van der Waals surface area (Å²) < 4.78 is 5.74. The predicted octanol–water partition coefficient (Wildman–Crippen LogP) is 4.91. The third kappa shape index (κ3) is 3.91. The summed E-state index contributed by atoms with van der Waals surface area (Å²) in [5, 5.41) is 3.52. The van der Waals surface area contributed by atoms with Crippen molar-refractivity contribution >= 4 is 22.7 Å². The third-order valence-corrected chi connectivity index (χ3v) is 4.29. The highest BCUT2D eigenvalue weighted by atomic mass is 32.1. The lowest BCUT2D eigenvalue weighted by molar-refractivity contribution is 0.244. The molecule has 1 unspecified atom stereocenters. The van der Waals surface area contributed by atoms with Crippen LogP contribution in [0.25, 0.3) is 0 Å². The molecule has 0 saturated carbocycles. The second-order valence-corrected chi connectivity index (χ2v) is 7.11. The molecule has 1 atom stereocenters. The van der Waals surface area contributed by atoms with Crippen LogP contribution in [0.1, 0.15) is 42.1 Å². The first-order valence-corrected chi connectivity index (χ1v) is 8.08. The largest absolute Gasteiger partial charge is 0.489 e. The highest BCUT2D eigenvalue weighted by molar-refractivity contribution is 7.12. The van der Waals surface area contributed by atoms with Crippen LogP contribution in [0.15, 0.2) is 24.3 Å². The molecule has 0 fully saturated rings. The van der Waals surface area contributed by atoms with Gasteiger partial charge in [0.25, 0.3) is 0 Å². The SMILES string of the molecule is Cc1cc(C(C)Nc2ccc(N)c(OC(C)C)c2)c(C)s1. The average Bonchev–Trinajstić information content (AvgIpc) is 2.72. The van der Waals surface area contributed by atoms with Gasteiger partial charge in [-0.1, -0.05) is 0 Å². The Morgan fingerprint density at radius 2 is 1.86 bits per heavy atom. The van der Waals surface area contributed by atoms with Gasteiger partial charge in [-0.2, -0.15) is 0 Å². The summed E-state index contributed by atoms with van der Waals surface area (Å²) in [7, 11) is 0. The molecule has 21 heavy (non-hydrogen) atoms. The number of nitrogen functional groups attached to an aromatic ring is 1. The Labute approximate surface area is 131 Å². The first kappa shape index (κ1) is 15.7. The van der Waals surface area contributed by atoms with Crippen molar-refractivity contribution in [1.82, 2.24) is 0 Å². The number of aryl methyl sites for hydroxylation is 2. The lowest BCUT2D eigenvalue weighted by Crippen LogP contribution is -2.10. The van der Waals surface area contributed by atoms with Crippen LogP contribution in [0, 0.1) is 13.8 Å². The van der Waals surface area contributed by atoms with Crippen molar-refractivity contribution in [2.45, 2.75) is 46.8 Å². The maximum Gasteiger partial charge on any atom is 0.144 e. The van der Waals surface area contributed by atoms with Crippen LogP contribution in [0.4, 0.5) is 11.4 Å². The molecule has 4 heteroatoms. The maximum atomic E-state index is 5.96. The molecule has 3 N–H and O–H groups in total. The van der Waals surface area contributed by atoms with Gasteiger partial charge in [0.2, 0.25) is 0 Å². The van der Waals surface area contributed by atoms with Gasteiger partial charge in [-0.05, 0) is 58.4 Å². The van der Waals surface area contributed by atoms with Gasteiger partial charge in [-0.3, -0.25) is 0 Å². The topological polar surface area (TPSA) is 47.3 Å². The molecular weight excluding hydrogens is 280 g/mol. The van der Waals surface area contributed by atoms with Crippen LogP contribution in [0.2, 0.25) is 0 Å². The van der Waals surface area contributed by atoms with E-state index in [2.05, 4.69) is 32.2 Å². The molecule has 0 spiro atoms. The van der Waals surface area contributed by atoms with Gasteiger partial charge in [0.15, 0.2) is 0 Å². The van der Waals surface area contributed by atoms with Crippen molar-refractivity contribution in [3.8, 4) is 5.75 Å². The normalized spacial score (nSPS) is 12.5. The lowest BCUT2D eigenvalue weighted by Gasteiger charge is -2.18. The summed E-state index contributed by atoms with van der Waals surface area (Å²) in [6.45, 7) is 10.5. The minimum absolute atomic E-state index is 0.113. The van der Waals surface area contributed by atoms with E-state index < -0.39 is 0 Å². The molecule has 1 heterocycles. The van der Waals surface area contributed by atoms with Crippen LogP contribution in [0.5, 0.6) is 5.75 Å². The van der Waals surface area contributed by atoms with Crippen molar-refractivity contribution in [2.75, 3.05) is 11.1 Å². The van der Waals surface area contributed by atoms with E-state index in [-0.39, 0.29) is 12.1 Å². The summed E-state index contributed by atoms with van der Waals surface area (Å²) in [6, 6.07) is 8.36. The van der Waals surface area contributed by atoms with Gasteiger partial charge in [0.1, 0.15) is 5.75 Å². The van der Waals surface area contributed by atoms with E-state index >= 15 is 0 Å². The van der Waals surface area contributed by atoms with Crippen LogP contribution >= 0.6 is 11.3 Å². The molecular formula is C17H24N2OS. The van der Waals surface area contributed by atoms with E-state index in [9.17, 15) is 0 Å². The van der Waals surface area contributed by atoms with Crippen molar-refractivity contribution in [3.63, 3.8) is 0 Å². The standard InChI is InChI=1S/C17H24N2OS/c1-10(2)20-17-9-14(6-7-16(17)18)19-12(4)15-8-11(3)21-13(15)5/h6-10,12,19H,18H2,1-5H3. The van der Waals surface area contributed by atoms with E-state index in [4.69, 9.17) is 10.5 Å². The number of rotatable bonds is 5. The van der Waals surface area contributed by atoms with Gasteiger partial charge in [0, 0.05) is 27.5 Å². The van der Waals surface area contributed by atoms with Crippen LogP contribution in [-0.4, -0.2) is 6.10 Å². The second-order valence-electron chi connectivity index (χ2n) is 5.65. The Bertz CT molecular complexity index is 619. The van der Waals surface area contributed by atoms with E-state index in [1.54, 1.807) is 0 Å². The fraction of sp³-hybridized carbons (Fsp3) is 0.412. The summed E-state index contributed by atoms with van der Waals surface area (Å²) in [5.41, 5.74) is 9.00. The van der Waals surface area contributed by atoms with Crippen LogP contribution in [-0.2, 0) is 0 Å². The smallest absolute Gasteiger partial charge is 0.144 e. The van der Waals surface area contributed by atoms with E-state index in [1.807, 2.05) is 43.4 Å². The molecule has 0 amide bonds. The molecule has 2 aromatic rings. The van der Waals surface area contributed by atoms with Gasteiger partial charge < -0.3 is 15.8 Å². The fourth-order valence-corrected chi connectivity index (χ4v) is 3.41. The number of thiophene rings is 1. The van der Waals surface area contributed by atoms with Crippen molar-refractivity contribution in [3.05, 3.63) is 39.6 Å². The summed E-state index contributed by atoms with van der Waals surface area (Å²) >= 11 is 1.84. The number of benzene rings is 1. The summed E-state index contributed by atoms with van der Waals surface area (Å²) in [4.78, 5) is 2.71. The zero-order valence-corrected chi connectivity index (χ0v) is 14.2. The van der Waals surface area contributed by atoms with Gasteiger partial charge >= 0.3 is 0 Å². The van der Waals surface area contributed by atoms with Gasteiger partial charge in [0.05, 0.1) is 11.8 Å². The van der Waals surface area contributed by atoms with Gasteiger partial charge in [-0.15, -0.1) is 11.3 Å². The molecule has 0 bridgehead atoms. The van der Waals surface area contributed by atoms with Crippen molar-refractivity contribution in [2.24, 2.45) is 0 Å². The number of ether oxygens (including phenoxy) is 1. The van der Waals surface area contributed by atoms with Crippen molar-refractivity contribution in [1.29, 1.82) is 0 Å². The number of hydrogen-bond donors (Lipinski definition) is 2. The fourth-order valence-electron chi connectivity index (χ4n) is 2.39. The number of hydrogen-bond acceptors (Lipinski definition) is 4. The molecule has 0 aliphatic carbocycles. The number of nitrogens with one attached hydrogen (secondary N) is 1. The molecule has 0 aliphatic rings. The van der Waals surface area contributed by atoms with E-state index in [0.717, 1.165) is 11.4 Å². The molecule has 2 rings (SSSR count). The Morgan fingerprint density at radius 1 is 1.14 bits per heavy atom. The second kappa shape index (κ2) is 6.39. The molecule has 1 aromatic carbocycles. The molecule has 0 saturated heterocycles. The molecule has 0 aliphatic heterocycles. The molecule has 3 nitrogen and oxygen atoms in total. The zero-order valence-electron chi connectivity index (χ0n) is 13.4. The average molecular weight is 304 g/mol. The maximum absolute atomic E-state index is 5.96. The molecule has 0 radical (unpaired) electrons. The highest BCUT2D eigenvalue weighted by Crippen LogP contribution is 2.31. The Kier molecular flexibility index (Phi) is 4.78. The Balaban J connectivity index is 2.17. The van der Waals surface area contributed by atoms with Crippen molar-refractivity contribution < 1.29 is 4.74 Å². The minimum Gasteiger partial charge on any atom is -0.489 e. The highest BCUT2D eigenvalue weighted by Gasteiger charge is 2.12. The first-order chi connectivity index (χ1) is 9.86. The Hall–Kier alpha value is -1.68. The van der Waals surface area contributed by atoms with Crippen LogP contribution < -0.4 is 15.8 Å². The number of anilines is 2. The number of nitrogens with two attached hydrogens (primary N) is 1. The quantitative estimate of drug-likeness (QED) is 0.772. The van der Waals surface area contributed by atoms with Crippen LogP contribution in [0.3, 0.4) is 0 Å². The molecule has 114 valence electrons. The first-order valence-electron chi connectivity index (χ1n) is 7.26. The summed E-state index contributed by atoms with van der Waals surface area (Å²) in [6.07, 6.45) is 0.113. The summed E-state index contributed by atoms with van der Waals surface area (Å²) in [5.74, 6) is 0.737. The predicted molar refractivity (Wildman–Crippen MR) is 92.4 cm³/mol. The lowest BCUT2D eigenvalue weighted by atomic mass is 10.1. The van der Waals surface area contributed by atoms with E-state index in [0.29, 0.717) is 5.69 Å². The molecule has 1 aromatic heterocycles. The monoisotopic (exact) mass is 304 g/mol. The minimum atomic E-state index is 0.113. The Morgan fingerprint density at radius 3 is 2.43 bits per heavy atom. The zero-order chi connectivity index (χ0) is 15.6. The van der Waals surface area contributed by atoms with E-state index in [1.165, 1.54) is 15.3 Å².